The Kier molecular flexibility index (Phi) is 5.52. The Hall–Kier alpha value is -2.54. The van der Waals surface area contributed by atoms with Crippen LogP contribution < -0.4 is 5.32 Å². The number of pyridine rings is 1. The highest BCUT2D eigenvalue weighted by Gasteiger charge is 2.31. The van der Waals surface area contributed by atoms with E-state index >= 15 is 0 Å². The van der Waals surface area contributed by atoms with E-state index in [9.17, 15) is 0 Å². The van der Waals surface area contributed by atoms with Gasteiger partial charge < -0.3 is 15.0 Å². The molecule has 0 unspecified atom stereocenters. The molecule has 0 radical (unpaired) electrons. The van der Waals surface area contributed by atoms with E-state index in [0.29, 0.717) is 10.8 Å². The van der Waals surface area contributed by atoms with Crippen LogP contribution in [0, 0.1) is 0 Å². The number of likely N-dealkylation sites (tertiary alicyclic amines) is 1. The Bertz CT molecular complexity index is 935. The van der Waals surface area contributed by atoms with Crippen LogP contribution in [0.5, 0.6) is 0 Å². The Morgan fingerprint density at radius 2 is 1.93 bits per heavy atom. The lowest BCUT2D eigenvalue weighted by Crippen LogP contribution is -2.34. The molecule has 2 aromatic heterocycles. The maximum absolute atomic E-state index is 6.04. The molecular weight excluding hydrogens is 374 g/mol. The maximum Gasteiger partial charge on any atom is 0.163 e. The van der Waals surface area contributed by atoms with E-state index in [1.165, 1.54) is 0 Å². The van der Waals surface area contributed by atoms with Crippen LogP contribution in [0.15, 0.2) is 54.9 Å². The summed E-state index contributed by atoms with van der Waals surface area (Å²) >= 11 is 6.04. The molecule has 2 atom stereocenters. The van der Waals surface area contributed by atoms with Crippen molar-refractivity contribution in [1.29, 1.82) is 0 Å². The molecule has 1 N–H and O–H groups in total. The highest BCUT2D eigenvalue weighted by molar-refractivity contribution is 6.30. The Morgan fingerprint density at radius 1 is 1.11 bits per heavy atom. The van der Waals surface area contributed by atoms with Crippen LogP contribution >= 0.6 is 11.6 Å². The quantitative estimate of drug-likeness (QED) is 0.712. The zero-order valence-electron chi connectivity index (χ0n) is 15.8. The zero-order valence-corrected chi connectivity index (χ0v) is 16.6. The van der Waals surface area contributed by atoms with Crippen molar-refractivity contribution in [3.8, 4) is 22.6 Å². The van der Waals surface area contributed by atoms with E-state index in [-0.39, 0.29) is 12.1 Å². The number of rotatable bonds is 5. The minimum atomic E-state index is 0.112. The van der Waals surface area contributed by atoms with Crippen LogP contribution in [0.2, 0.25) is 5.02 Å². The predicted octanol–water partition coefficient (Wildman–Crippen LogP) is 3.60. The Morgan fingerprint density at radius 3 is 2.64 bits per heavy atom. The summed E-state index contributed by atoms with van der Waals surface area (Å²) in [6, 6.07) is 13.6. The lowest BCUT2D eigenvalue weighted by atomic mass is 10.1. The summed E-state index contributed by atoms with van der Waals surface area (Å²) in [6.45, 7) is 1.78. The molecule has 3 heterocycles. The van der Waals surface area contributed by atoms with Gasteiger partial charge in [0.1, 0.15) is 5.82 Å². The van der Waals surface area contributed by atoms with E-state index in [2.05, 4.69) is 22.2 Å². The average molecular weight is 396 g/mol. The number of hydrogen-bond donors (Lipinski definition) is 1. The first-order valence-corrected chi connectivity index (χ1v) is 9.53. The smallest absolute Gasteiger partial charge is 0.163 e. The Labute approximate surface area is 169 Å². The van der Waals surface area contributed by atoms with Crippen molar-refractivity contribution in [2.75, 3.05) is 32.6 Å². The highest BCUT2D eigenvalue weighted by atomic mass is 35.5. The van der Waals surface area contributed by atoms with Gasteiger partial charge in [0.05, 0.1) is 17.8 Å². The molecule has 28 heavy (non-hydrogen) atoms. The normalized spacial score (nSPS) is 19.7. The van der Waals surface area contributed by atoms with Crippen molar-refractivity contribution >= 4 is 17.4 Å². The molecule has 144 valence electrons. The first-order valence-electron chi connectivity index (χ1n) is 9.15. The van der Waals surface area contributed by atoms with Crippen LogP contribution in [0.3, 0.4) is 0 Å². The third-order valence-corrected chi connectivity index (χ3v) is 5.12. The topological polar surface area (TPSA) is 63.2 Å². The second-order valence-corrected chi connectivity index (χ2v) is 7.39. The van der Waals surface area contributed by atoms with E-state index < -0.39 is 0 Å². The van der Waals surface area contributed by atoms with E-state index in [4.69, 9.17) is 26.3 Å². The van der Waals surface area contributed by atoms with Gasteiger partial charge in [0.2, 0.25) is 0 Å². The monoisotopic (exact) mass is 395 g/mol. The summed E-state index contributed by atoms with van der Waals surface area (Å²) in [5.41, 5.74) is 2.67. The third-order valence-electron chi connectivity index (χ3n) is 4.87. The Balaban J connectivity index is 1.73. The van der Waals surface area contributed by atoms with Crippen molar-refractivity contribution in [3.05, 3.63) is 59.9 Å². The van der Waals surface area contributed by atoms with Gasteiger partial charge in [-0.1, -0.05) is 23.7 Å². The highest BCUT2D eigenvalue weighted by Crippen LogP contribution is 2.26. The lowest BCUT2D eigenvalue weighted by Gasteiger charge is -2.20. The molecule has 6 nitrogen and oxygen atoms in total. The second-order valence-electron chi connectivity index (χ2n) is 6.96. The molecule has 0 amide bonds. The molecule has 0 aliphatic carbocycles. The van der Waals surface area contributed by atoms with Crippen LogP contribution in [0.4, 0.5) is 5.82 Å². The van der Waals surface area contributed by atoms with Crippen molar-refractivity contribution in [2.45, 2.75) is 12.1 Å². The molecule has 3 aromatic rings. The number of aromatic nitrogens is 3. The van der Waals surface area contributed by atoms with Crippen molar-refractivity contribution in [3.63, 3.8) is 0 Å². The number of methoxy groups -OCH3 is 1. The summed E-state index contributed by atoms with van der Waals surface area (Å²) in [4.78, 5) is 15.9. The van der Waals surface area contributed by atoms with Gasteiger partial charge in [-0.2, -0.15) is 0 Å². The molecule has 0 spiro atoms. The van der Waals surface area contributed by atoms with Crippen molar-refractivity contribution in [1.82, 2.24) is 19.9 Å². The minimum absolute atomic E-state index is 0.112. The average Bonchev–Trinajstić information content (AvgIpc) is 3.08. The van der Waals surface area contributed by atoms with Crippen LogP contribution in [0.25, 0.3) is 22.6 Å². The second kappa shape index (κ2) is 8.22. The molecule has 1 fully saturated rings. The number of nitrogens with one attached hydrogen (secondary N) is 1. The van der Waals surface area contributed by atoms with Crippen molar-refractivity contribution < 1.29 is 4.74 Å². The first-order chi connectivity index (χ1) is 13.6. The number of likely N-dealkylation sites (N-methyl/N-ethyl adjacent to an activating group) is 1. The van der Waals surface area contributed by atoms with Crippen LogP contribution in [0.1, 0.15) is 0 Å². The number of benzene rings is 1. The van der Waals surface area contributed by atoms with Gasteiger partial charge in [0.15, 0.2) is 5.82 Å². The number of halogens is 1. The number of hydrogen-bond acceptors (Lipinski definition) is 6. The van der Waals surface area contributed by atoms with Crippen LogP contribution in [-0.2, 0) is 4.74 Å². The summed E-state index contributed by atoms with van der Waals surface area (Å²) in [5.74, 6) is 1.39. The minimum Gasteiger partial charge on any atom is -0.378 e. The van der Waals surface area contributed by atoms with E-state index in [1.54, 1.807) is 19.5 Å². The van der Waals surface area contributed by atoms with Gasteiger partial charge in [0.25, 0.3) is 0 Å². The van der Waals surface area contributed by atoms with Gasteiger partial charge >= 0.3 is 0 Å². The molecule has 1 saturated heterocycles. The summed E-state index contributed by atoms with van der Waals surface area (Å²) in [5, 5.41) is 4.23. The molecule has 1 aromatic carbocycles. The standard InChI is InChI=1S/C21H22ClN5O/c1-27-12-18(19(13-27)28-2)24-20-10-17(14-5-7-16(22)8-6-14)25-21(26-20)15-4-3-9-23-11-15/h3-11,18-19H,12-13H2,1-2H3,(H,24,25,26)/t18-,19-/m0/s1. The third kappa shape index (κ3) is 4.14. The summed E-state index contributed by atoms with van der Waals surface area (Å²) in [7, 11) is 3.84. The molecule has 0 saturated carbocycles. The number of nitrogens with zero attached hydrogens (tertiary/aromatic N) is 4. The van der Waals surface area contributed by atoms with Gasteiger partial charge in [-0.15, -0.1) is 0 Å². The van der Waals surface area contributed by atoms with E-state index in [1.807, 2.05) is 42.5 Å². The fourth-order valence-corrected chi connectivity index (χ4v) is 3.57. The van der Waals surface area contributed by atoms with Crippen molar-refractivity contribution in [2.24, 2.45) is 0 Å². The van der Waals surface area contributed by atoms with Gasteiger partial charge in [0, 0.05) is 54.8 Å². The fourth-order valence-electron chi connectivity index (χ4n) is 3.44. The molecule has 7 heteroatoms. The predicted molar refractivity (Wildman–Crippen MR) is 111 cm³/mol. The summed E-state index contributed by atoms with van der Waals surface area (Å²) in [6.07, 6.45) is 3.62. The molecule has 0 bridgehead atoms. The van der Waals surface area contributed by atoms with Gasteiger partial charge in [-0.3, -0.25) is 4.98 Å². The van der Waals surface area contributed by atoms with Gasteiger partial charge in [-0.25, -0.2) is 9.97 Å². The summed E-state index contributed by atoms with van der Waals surface area (Å²) < 4.78 is 5.64. The maximum atomic E-state index is 6.04. The van der Waals surface area contributed by atoms with E-state index in [0.717, 1.165) is 35.7 Å². The van der Waals surface area contributed by atoms with Gasteiger partial charge in [-0.05, 0) is 31.3 Å². The molecule has 4 rings (SSSR count). The number of ether oxygens (including phenoxy) is 1. The fraction of sp³-hybridized carbons (Fsp3) is 0.286. The SMILES string of the molecule is CO[C@H]1CN(C)C[C@@H]1Nc1cc(-c2ccc(Cl)cc2)nc(-c2cccnc2)n1. The lowest BCUT2D eigenvalue weighted by molar-refractivity contribution is 0.104. The molecule has 1 aliphatic rings. The number of anilines is 1. The molecule has 1 aliphatic heterocycles. The zero-order chi connectivity index (χ0) is 19.5. The first kappa shape index (κ1) is 18.8. The van der Waals surface area contributed by atoms with Crippen LogP contribution in [-0.4, -0.2) is 59.2 Å². The molecular formula is C21H22ClN5O. The largest absolute Gasteiger partial charge is 0.378 e.